The Morgan fingerprint density at radius 1 is 0.903 bits per heavy atom. The van der Waals surface area contributed by atoms with Crippen molar-refractivity contribution in [1.82, 2.24) is 5.32 Å². The molecule has 0 fully saturated rings. The summed E-state index contributed by atoms with van der Waals surface area (Å²) >= 11 is 0. The third-order valence-corrected chi connectivity index (χ3v) is 5.02. The lowest BCUT2D eigenvalue weighted by molar-refractivity contribution is -0.120. The van der Waals surface area contributed by atoms with Gasteiger partial charge < -0.3 is 5.32 Å². The molecule has 0 aromatic heterocycles. The number of rotatable bonds is 6. The Morgan fingerprint density at radius 2 is 1.55 bits per heavy atom. The SMILES string of the molecule is CC1=N/C(=C\c2ccccc2)C(=O)N1c1ccc(CC(=O)NCc2ccccc2)cc1. The molecule has 5 heteroatoms. The number of amidine groups is 1. The van der Waals surface area contributed by atoms with Gasteiger partial charge in [0, 0.05) is 6.54 Å². The van der Waals surface area contributed by atoms with Gasteiger partial charge in [0.25, 0.3) is 5.91 Å². The van der Waals surface area contributed by atoms with Gasteiger partial charge in [-0.1, -0.05) is 72.8 Å². The molecule has 4 rings (SSSR count). The van der Waals surface area contributed by atoms with Crippen LogP contribution in [0.4, 0.5) is 5.69 Å². The molecule has 1 aliphatic rings. The van der Waals surface area contributed by atoms with Crippen LogP contribution in [0.25, 0.3) is 6.08 Å². The van der Waals surface area contributed by atoms with Crippen LogP contribution in [0.2, 0.25) is 0 Å². The number of nitrogens with one attached hydrogen (secondary N) is 1. The fraction of sp³-hybridized carbons (Fsp3) is 0.115. The lowest BCUT2D eigenvalue weighted by Crippen LogP contribution is -2.30. The number of benzene rings is 3. The summed E-state index contributed by atoms with van der Waals surface area (Å²) in [5.41, 5.74) is 4.02. The van der Waals surface area contributed by atoms with Crippen LogP contribution in [0.3, 0.4) is 0 Å². The van der Waals surface area contributed by atoms with E-state index in [9.17, 15) is 9.59 Å². The van der Waals surface area contributed by atoms with Crippen LogP contribution in [0.5, 0.6) is 0 Å². The van der Waals surface area contributed by atoms with Gasteiger partial charge in [-0.25, -0.2) is 4.99 Å². The first-order chi connectivity index (χ1) is 15.1. The van der Waals surface area contributed by atoms with Gasteiger partial charge in [0.15, 0.2) is 0 Å². The number of aliphatic imine (C=N–C) groups is 1. The lowest BCUT2D eigenvalue weighted by Gasteiger charge is -2.16. The van der Waals surface area contributed by atoms with Crippen molar-refractivity contribution in [2.75, 3.05) is 4.90 Å². The lowest BCUT2D eigenvalue weighted by atomic mass is 10.1. The molecule has 0 saturated heterocycles. The highest BCUT2D eigenvalue weighted by molar-refractivity contribution is 6.28. The summed E-state index contributed by atoms with van der Waals surface area (Å²) in [6.07, 6.45) is 2.07. The zero-order valence-corrected chi connectivity index (χ0v) is 17.3. The Kier molecular flexibility index (Phi) is 6.03. The van der Waals surface area contributed by atoms with Gasteiger partial charge >= 0.3 is 0 Å². The van der Waals surface area contributed by atoms with Gasteiger partial charge in [-0.2, -0.15) is 0 Å². The maximum absolute atomic E-state index is 12.9. The topological polar surface area (TPSA) is 61.8 Å². The molecule has 0 aliphatic carbocycles. The summed E-state index contributed by atoms with van der Waals surface area (Å²) in [6.45, 7) is 2.32. The number of amides is 2. The molecule has 1 N–H and O–H groups in total. The highest BCUT2D eigenvalue weighted by Gasteiger charge is 2.28. The molecule has 0 radical (unpaired) electrons. The minimum Gasteiger partial charge on any atom is -0.352 e. The number of anilines is 1. The van der Waals surface area contributed by atoms with Crippen molar-refractivity contribution in [1.29, 1.82) is 0 Å². The summed E-state index contributed by atoms with van der Waals surface area (Å²) in [5, 5.41) is 2.93. The molecule has 0 atom stereocenters. The third kappa shape index (κ3) is 4.95. The molecule has 1 aliphatic heterocycles. The first-order valence-corrected chi connectivity index (χ1v) is 10.2. The summed E-state index contributed by atoms with van der Waals surface area (Å²) in [7, 11) is 0. The van der Waals surface area contributed by atoms with Gasteiger partial charge in [-0.05, 0) is 41.8 Å². The molecular weight excluding hydrogens is 386 g/mol. The van der Waals surface area contributed by atoms with E-state index in [-0.39, 0.29) is 18.2 Å². The van der Waals surface area contributed by atoms with Crippen molar-refractivity contribution in [3.05, 3.63) is 107 Å². The minimum atomic E-state index is -0.158. The molecule has 1 heterocycles. The van der Waals surface area contributed by atoms with Crippen LogP contribution < -0.4 is 10.2 Å². The largest absolute Gasteiger partial charge is 0.352 e. The summed E-state index contributed by atoms with van der Waals surface area (Å²) in [6, 6.07) is 26.9. The minimum absolute atomic E-state index is 0.0420. The average Bonchev–Trinajstić information content (AvgIpc) is 3.07. The second-order valence-electron chi connectivity index (χ2n) is 7.35. The van der Waals surface area contributed by atoms with Crippen LogP contribution in [0.1, 0.15) is 23.6 Å². The highest BCUT2D eigenvalue weighted by Crippen LogP contribution is 2.25. The summed E-state index contributed by atoms with van der Waals surface area (Å²) in [5.74, 6) is 0.426. The van der Waals surface area contributed by atoms with E-state index < -0.39 is 0 Å². The summed E-state index contributed by atoms with van der Waals surface area (Å²) in [4.78, 5) is 31.2. The third-order valence-electron chi connectivity index (χ3n) is 5.02. The van der Waals surface area contributed by atoms with Crippen LogP contribution in [-0.4, -0.2) is 17.6 Å². The number of nitrogens with zero attached hydrogens (tertiary/aromatic N) is 2. The Hall–Kier alpha value is -3.99. The predicted molar refractivity (Wildman–Crippen MR) is 123 cm³/mol. The van der Waals surface area contributed by atoms with E-state index in [1.165, 1.54) is 0 Å². The first-order valence-electron chi connectivity index (χ1n) is 10.2. The number of hydrogen-bond donors (Lipinski definition) is 1. The number of hydrogen-bond acceptors (Lipinski definition) is 3. The van der Waals surface area contributed by atoms with E-state index in [2.05, 4.69) is 10.3 Å². The zero-order valence-electron chi connectivity index (χ0n) is 17.3. The standard InChI is InChI=1S/C26H23N3O2/c1-19-28-24(16-20-8-4-2-5-9-20)26(31)29(19)23-14-12-21(13-15-23)17-25(30)27-18-22-10-6-3-7-11-22/h2-16H,17-18H2,1H3,(H,27,30)/b24-16-. The van der Waals surface area contributed by atoms with Crippen molar-refractivity contribution in [2.45, 2.75) is 19.9 Å². The number of carbonyl (C=O) groups excluding carboxylic acids is 2. The van der Waals surface area contributed by atoms with Crippen LogP contribution >= 0.6 is 0 Å². The Morgan fingerprint density at radius 3 is 2.23 bits per heavy atom. The van der Waals surface area contributed by atoms with Crippen LogP contribution in [0.15, 0.2) is 95.6 Å². The van der Waals surface area contributed by atoms with Gasteiger partial charge in [-0.15, -0.1) is 0 Å². The zero-order chi connectivity index (χ0) is 21.6. The monoisotopic (exact) mass is 409 g/mol. The molecule has 2 amide bonds. The fourth-order valence-electron chi connectivity index (χ4n) is 3.45. The molecule has 31 heavy (non-hydrogen) atoms. The maximum atomic E-state index is 12.9. The van der Waals surface area contributed by atoms with Gasteiger partial charge in [0.1, 0.15) is 11.5 Å². The number of carbonyl (C=O) groups is 2. The van der Waals surface area contributed by atoms with Crippen molar-refractivity contribution < 1.29 is 9.59 Å². The van der Waals surface area contributed by atoms with Crippen LogP contribution in [-0.2, 0) is 22.6 Å². The molecular formula is C26H23N3O2. The molecule has 5 nitrogen and oxygen atoms in total. The first kappa shape index (κ1) is 20.3. The highest BCUT2D eigenvalue weighted by atomic mass is 16.2. The molecule has 0 bridgehead atoms. The second kappa shape index (κ2) is 9.22. The normalized spacial score (nSPS) is 14.6. The van der Waals surface area contributed by atoms with Crippen molar-refractivity contribution in [3.8, 4) is 0 Å². The van der Waals surface area contributed by atoms with Gasteiger partial charge in [0.2, 0.25) is 5.91 Å². The second-order valence-corrected chi connectivity index (χ2v) is 7.35. The predicted octanol–water partition coefficient (Wildman–Crippen LogP) is 4.35. The molecule has 3 aromatic carbocycles. The van der Waals surface area contributed by atoms with E-state index in [0.717, 1.165) is 22.4 Å². The van der Waals surface area contributed by atoms with Crippen molar-refractivity contribution in [2.24, 2.45) is 4.99 Å². The average molecular weight is 409 g/mol. The van der Waals surface area contributed by atoms with E-state index in [1.54, 1.807) is 11.0 Å². The molecule has 0 spiro atoms. The molecule has 154 valence electrons. The van der Waals surface area contributed by atoms with Crippen molar-refractivity contribution >= 4 is 29.4 Å². The van der Waals surface area contributed by atoms with Gasteiger partial charge in [0.05, 0.1) is 12.1 Å². The molecule has 0 unspecified atom stereocenters. The quantitative estimate of drug-likeness (QED) is 0.615. The Balaban J connectivity index is 1.40. The Labute approximate surface area is 181 Å². The van der Waals surface area contributed by atoms with Crippen LogP contribution in [0, 0.1) is 0 Å². The van der Waals surface area contributed by atoms with E-state index in [0.29, 0.717) is 18.1 Å². The fourth-order valence-corrected chi connectivity index (χ4v) is 3.45. The smallest absolute Gasteiger partial charge is 0.282 e. The van der Waals surface area contributed by atoms with E-state index in [4.69, 9.17) is 0 Å². The Bertz CT molecular complexity index is 1130. The van der Waals surface area contributed by atoms with E-state index in [1.807, 2.05) is 91.9 Å². The van der Waals surface area contributed by atoms with Crippen molar-refractivity contribution in [3.63, 3.8) is 0 Å². The summed E-state index contributed by atoms with van der Waals surface area (Å²) < 4.78 is 0. The van der Waals surface area contributed by atoms with Gasteiger partial charge in [-0.3, -0.25) is 14.5 Å². The molecule has 3 aromatic rings. The molecule has 0 saturated carbocycles. The van der Waals surface area contributed by atoms with E-state index >= 15 is 0 Å². The maximum Gasteiger partial charge on any atom is 0.282 e.